The van der Waals surface area contributed by atoms with E-state index < -0.39 is 0 Å². The Balaban J connectivity index is 1.95. The third kappa shape index (κ3) is 2.46. The molecule has 2 heterocycles. The maximum absolute atomic E-state index is 12.5. The van der Waals surface area contributed by atoms with Crippen molar-refractivity contribution in [3.05, 3.63) is 35.5 Å². The number of carbonyl (C=O) groups excluding carboxylic acids is 2. The Hall–Kier alpha value is -2.10. The van der Waals surface area contributed by atoms with Crippen LogP contribution in [0.15, 0.2) is 24.3 Å². The minimum atomic E-state index is 0.149. The molecule has 1 aliphatic rings. The van der Waals surface area contributed by atoms with E-state index in [4.69, 9.17) is 0 Å². The van der Waals surface area contributed by atoms with Gasteiger partial charge in [-0.25, -0.2) is 0 Å². The van der Waals surface area contributed by atoms with Gasteiger partial charge in [0.25, 0.3) is 0 Å². The van der Waals surface area contributed by atoms with Gasteiger partial charge < -0.3 is 9.47 Å². The van der Waals surface area contributed by atoms with Gasteiger partial charge in [-0.15, -0.1) is 0 Å². The molecule has 0 saturated carbocycles. The predicted octanol–water partition coefficient (Wildman–Crippen LogP) is 2.77. The number of piperidine rings is 1. The summed E-state index contributed by atoms with van der Waals surface area (Å²) in [6, 6.07) is 7.77. The summed E-state index contributed by atoms with van der Waals surface area (Å²) in [5, 5.41) is 0.927. The van der Waals surface area contributed by atoms with E-state index in [1.165, 1.54) is 6.42 Å². The largest absolute Gasteiger partial charge is 0.341 e. The Labute approximate surface area is 124 Å². The number of likely N-dealkylation sites (tertiary alicyclic amines) is 1. The van der Waals surface area contributed by atoms with Crippen molar-refractivity contribution in [3.63, 3.8) is 0 Å². The number of fused-ring (bicyclic) bond motifs is 1. The van der Waals surface area contributed by atoms with Gasteiger partial charge in [0.1, 0.15) is 6.54 Å². The maximum Gasteiger partial charge on any atom is 0.242 e. The molecule has 0 N–H and O–H groups in total. The molecule has 1 aromatic heterocycles. The fourth-order valence-corrected chi connectivity index (χ4v) is 3.19. The number of hydrogen-bond acceptors (Lipinski definition) is 2. The molecule has 0 atom stereocenters. The van der Waals surface area contributed by atoms with Crippen LogP contribution in [0.1, 0.15) is 35.3 Å². The number of nitrogens with zero attached hydrogens (tertiary/aromatic N) is 2. The lowest BCUT2D eigenvalue weighted by Gasteiger charge is -2.27. The molecule has 1 fully saturated rings. The smallest absolute Gasteiger partial charge is 0.242 e. The van der Waals surface area contributed by atoms with Gasteiger partial charge in [-0.2, -0.15) is 0 Å². The van der Waals surface area contributed by atoms with E-state index in [1.807, 2.05) is 40.7 Å². The van der Waals surface area contributed by atoms with Crippen molar-refractivity contribution in [1.82, 2.24) is 9.47 Å². The fraction of sp³-hybridized carbons (Fsp3) is 0.412. The zero-order valence-electron chi connectivity index (χ0n) is 12.3. The average Bonchev–Trinajstić information content (AvgIpc) is 2.80. The van der Waals surface area contributed by atoms with Crippen LogP contribution in [-0.4, -0.2) is 34.7 Å². The maximum atomic E-state index is 12.5. The summed E-state index contributed by atoms with van der Waals surface area (Å²) in [5.41, 5.74) is 2.52. The number of hydrogen-bond donors (Lipinski definition) is 0. The Morgan fingerprint density at radius 1 is 1.19 bits per heavy atom. The predicted molar refractivity (Wildman–Crippen MR) is 82.5 cm³/mol. The summed E-state index contributed by atoms with van der Waals surface area (Å²) in [6.07, 6.45) is 4.29. The van der Waals surface area contributed by atoms with Crippen molar-refractivity contribution in [2.24, 2.45) is 0 Å². The first-order valence-corrected chi connectivity index (χ1v) is 7.53. The van der Waals surface area contributed by atoms with Crippen molar-refractivity contribution in [1.29, 1.82) is 0 Å². The van der Waals surface area contributed by atoms with E-state index in [-0.39, 0.29) is 5.91 Å². The molecule has 0 spiro atoms. The second kappa shape index (κ2) is 5.72. The van der Waals surface area contributed by atoms with E-state index in [2.05, 4.69) is 0 Å². The lowest BCUT2D eigenvalue weighted by Crippen LogP contribution is -2.37. The number of amides is 1. The Bertz CT molecular complexity index is 681. The quantitative estimate of drug-likeness (QED) is 0.813. The molecule has 1 saturated heterocycles. The summed E-state index contributed by atoms with van der Waals surface area (Å²) in [6.45, 7) is 3.95. The van der Waals surface area contributed by atoms with Gasteiger partial charge in [-0.1, -0.05) is 18.2 Å². The van der Waals surface area contributed by atoms with Crippen molar-refractivity contribution in [3.8, 4) is 0 Å². The molecule has 4 heteroatoms. The number of para-hydroxylation sites is 1. The summed E-state index contributed by atoms with van der Waals surface area (Å²) >= 11 is 0. The van der Waals surface area contributed by atoms with Crippen LogP contribution in [0.25, 0.3) is 10.9 Å². The van der Waals surface area contributed by atoms with Crippen LogP contribution < -0.4 is 0 Å². The van der Waals surface area contributed by atoms with Crippen molar-refractivity contribution in [2.45, 2.75) is 32.7 Å². The highest BCUT2D eigenvalue weighted by molar-refractivity contribution is 5.99. The van der Waals surface area contributed by atoms with E-state index in [1.54, 1.807) is 0 Å². The third-order valence-corrected chi connectivity index (χ3v) is 4.40. The van der Waals surface area contributed by atoms with Gasteiger partial charge in [-0.05, 0) is 32.3 Å². The molecule has 4 nitrogen and oxygen atoms in total. The van der Waals surface area contributed by atoms with E-state index in [9.17, 15) is 9.59 Å². The molecule has 0 aliphatic carbocycles. The monoisotopic (exact) mass is 284 g/mol. The first-order valence-electron chi connectivity index (χ1n) is 7.53. The second-order valence-electron chi connectivity index (χ2n) is 5.66. The minimum absolute atomic E-state index is 0.149. The topological polar surface area (TPSA) is 42.3 Å². The normalized spacial score (nSPS) is 15.4. The lowest BCUT2D eigenvalue weighted by molar-refractivity contribution is -0.132. The third-order valence-electron chi connectivity index (χ3n) is 4.40. The van der Waals surface area contributed by atoms with E-state index >= 15 is 0 Å². The summed E-state index contributed by atoms with van der Waals surface area (Å²) < 4.78 is 1.97. The highest BCUT2D eigenvalue weighted by Gasteiger charge is 2.20. The Morgan fingerprint density at radius 2 is 1.90 bits per heavy atom. The van der Waals surface area contributed by atoms with Crippen LogP contribution in [0.5, 0.6) is 0 Å². The molecule has 1 aliphatic heterocycles. The molecule has 1 amide bonds. The highest BCUT2D eigenvalue weighted by Crippen LogP contribution is 2.24. The average molecular weight is 284 g/mol. The first-order chi connectivity index (χ1) is 10.2. The molecule has 21 heavy (non-hydrogen) atoms. The van der Waals surface area contributed by atoms with Crippen LogP contribution in [0.2, 0.25) is 0 Å². The van der Waals surface area contributed by atoms with Crippen LogP contribution >= 0.6 is 0 Å². The lowest BCUT2D eigenvalue weighted by atomic mass is 10.1. The SMILES string of the molecule is Cc1c(C=O)c2ccccc2n1CC(=O)N1CCCCC1. The summed E-state index contributed by atoms with van der Waals surface area (Å²) in [4.78, 5) is 25.8. The molecular weight excluding hydrogens is 264 g/mol. The number of aromatic nitrogens is 1. The molecule has 2 aromatic rings. The summed E-state index contributed by atoms with van der Waals surface area (Å²) in [5.74, 6) is 0.149. The minimum Gasteiger partial charge on any atom is -0.341 e. The Morgan fingerprint density at radius 3 is 2.62 bits per heavy atom. The highest BCUT2D eigenvalue weighted by atomic mass is 16.2. The summed E-state index contributed by atoms with van der Waals surface area (Å²) in [7, 11) is 0. The second-order valence-corrected chi connectivity index (χ2v) is 5.66. The number of aldehydes is 1. The van der Waals surface area contributed by atoms with Crippen LogP contribution in [0.4, 0.5) is 0 Å². The molecule has 0 unspecified atom stereocenters. The first kappa shape index (κ1) is 13.9. The van der Waals surface area contributed by atoms with Gasteiger partial charge in [0.15, 0.2) is 6.29 Å². The standard InChI is InChI=1S/C17H20N2O2/c1-13-15(12-20)14-7-3-4-8-16(14)19(13)11-17(21)18-9-5-2-6-10-18/h3-4,7-8,12H,2,5-6,9-11H2,1H3. The Kier molecular flexibility index (Phi) is 3.78. The van der Waals surface area contributed by atoms with Crippen LogP contribution in [-0.2, 0) is 11.3 Å². The van der Waals surface area contributed by atoms with E-state index in [0.717, 1.165) is 48.8 Å². The van der Waals surface area contributed by atoms with Gasteiger partial charge in [0.05, 0.1) is 0 Å². The van der Waals surface area contributed by atoms with Gasteiger partial charge in [0, 0.05) is 35.2 Å². The molecular formula is C17H20N2O2. The van der Waals surface area contributed by atoms with Gasteiger partial charge in [0.2, 0.25) is 5.91 Å². The zero-order valence-corrected chi connectivity index (χ0v) is 12.3. The van der Waals surface area contributed by atoms with E-state index in [0.29, 0.717) is 12.1 Å². The zero-order chi connectivity index (χ0) is 14.8. The number of rotatable bonds is 3. The van der Waals surface area contributed by atoms with Gasteiger partial charge >= 0.3 is 0 Å². The molecule has 0 bridgehead atoms. The van der Waals surface area contributed by atoms with Crippen LogP contribution in [0.3, 0.4) is 0 Å². The van der Waals surface area contributed by atoms with Crippen molar-refractivity contribution in [2.75, 3.05) is 13.1 Å². The van der Waals surface area contributed by atoms with Crippen molar-refractivity contribution >= 4 is 23.1 Å². The molecule has 0 radical (unpaired) electrons. The van der Waals surface area contributed by atoms with Gasteiger partial charge in [-0.3, -0.25) is 9.59 Å². The number of benzene rings is 1. The van der Waals surface area contributed by atoms with Crippen molar-refractivity contribution < 1.29 is 9.59 Å². The fourth-order valence-electron chi connectivity index (χ4n) is 3.19. The number of carbonyl (C=O) groups is 2. The molecule has 3 rings (SSSR count). The van der Waals surface area contributed by atoms with Crippen LogP contribution in [0, 0.1) is 6.92 Å². The molecule has 1 aromatic carbocycles. The molecule has 110 valence electrons.